The van der Waals surface area contributed by atoms with Crippen molar-refractivity contribution in [1.82, 2.24) is 0 Å². The number of rotatable bonds is 5. The van der Waals surface area contributed by atoms with Gasteiger partial charge in [-0.3, -0.25) is 9.59 Å². The van der Waals surface area contributed by atoms with Gasteiger partial charge in [-0.1, -0.05) is 0 Å². The lowest BCUT2D eigenvalue weighted by Crippen LogP contribution is -2.37. The van der Waals surface area contributed by atoms with Crippen molar-refractivity contribution < 1.29 is 14.3 Å². The lowest BCUT2D eigenvalue weighted by Gasteiger charge is -2.10. The number of halogens is 1. The lowest BCUT2D eigenvalue weighted by molar-refractivity contribution is -0.120. The quantitative estimate of drug-likeness (QED) is 0.728. The van der Waals surface area contributed by atoms with Crippen LogP contribution in [0.2, 0.25) is 0 Å². The molecule has 0 bridgehead atoms. The average Bonchev–Trinajstić information content (AvgIpc) is 3.08. The van der Waals surface area contributed by atoms with Crippen molar-refractivity contribution in [2.75, 3.05) is 11.9 Å². The Labute approximate surface area is 116 Å². The van der Waals surface area contributed by atoms with Gasteiger partial charge in [-0.05, 0) is 37.1 Å². The van der Waals surface area contributed by atoms with Gasteiger partial charge in [-0.15, -0.1) is 12.4 Å². The van der Waals surface area contributed by atoms with Gasteiger partial charge in [0.1, 0.15) is 5.75 Å². The zero-order chi connectivity index (χ0) is 13.2. The summed E-state index contributed by atoms with van der Waals surface area (Å²) in [6, 6.07) is 6.66. The normalized spacial score (nSPS) is 15.0. The summed E-state index contributed by atoms with van der Waals surface area (Å²) in [5.74, 6) is -0.194. The van der Waals surface area contributed by atoms with Gasteiger partial charge >= 0.3 is 0 Å². The molecule has 1 fully saturated rings. The number of amides is 2. The largest absolute Gasteiger partial charge is 0.484 e. The van der Waals surface area contributed by atoms with Crippen molar-refractivity contribution >= 4 is 29.9 Å². The molecule has 1 aliphatic rings. The first-order chi connectivity index (χ1) is 8.49. The van der Waals surface area contributed by atoms with Crippen LogP contribution in [-0.2, 0) is 9.59 Å². The van der Waals surface area contributed by atoms with Crippen LogP contribution < -0.4 is 21.5 Å². The van der Waals surface area contributed by atoms with Gasteiger partial charge in [0.25, 0.3) is 5.91 Å². The number of hydrogen-bond acceptors (Lipinski definition) is 4. The lowest BCUT2D eigenvalue weighted by atomic mass is 10.2. The van der Waals surface area contributed by atoms with Crippen molar-refractivity contribution in [1.29, 1.82) is 0 Å². The first-order valence-corrected chi connectivity index (χ1v) is 5.61. The van der Waals surface area contributed by atoms with Crippen LogP contribution in [-0.4, -0.2) is 24.0 Å². The Balaban J connectivity index is 0.00000180. The predicted octanol–water partition coefficient (Wildman–Crippen LogP) is 0.402. The molecule has 0 atom stereocenters. The van der Waals surface area contributed by atoms with Crippen LogP contribution in [0.4, 0.5) is 5.69 Å². The summed E-state index contributed by atoms with van der Waals surface area (Å²) in [4.78, 5) is 22.2. The molecule has 2 rings (SSSR count). The Bertz CT molecular complexity index is 472. The number of nitrogens with one attached hydrogen (secondary N) is 1. The molecule has 1 aromatic carbocycles. The van der Waals surface area contributed by atoms with E-state index in [2.05, 4.69) is 5.32 Å². The fraction of sp³-hybridized carbons (Fsp3) is 0.333. The molecule has 1 aliphatic carbocycles. The van der Waals surface area contributed by atoms with Crippen LogP contribution in [0.3, 0.4) is 0 Å². The van der Waals surface area contributed by atoms with E-state index in [0.717, 1.165) is 12.8 Å². The van der Waals surface area contributed by atoms with Crippen molar-refractivity contribution in [2.45, 2.75) is 18.4 Å². The van der Waals surface area contributed by atoms with E-state index in [9.17, 15) is 9.59 Å². The van der Waals surface area contributed by atoms with E-state index < -0.39 is 11.4 Å². The fourth-order valence-corrected chi connectivity index (χ4v) is 1.41. The highest BCUT2D eigenvalue weighted by atomic mass is 35.5. The Morgan fingerprint density at radius 1 is 1.26 bits per heavy atom. The number of benzene rings is 1. The third-order valence-corrected chi connectivity index (χ3v) is 2.73. The van der Waals surface area contributed by atoms with E-state index in [-0.39, 0.29) is 24.9 Å². The summed E-state index contributed by atoms with van der Waals surface area (Å²) >= 11 is 0. The molecule has 7 heteroatoms. The molecule has 0 heterocycles. The van der Waals surface area contributed by atoms with Crippen LogP contribution in [0.25, 0.3) is 0 Å². The highest BCUT2D eigenvalue weighted by molar-refractivity contribution is 6.00. The standard InChI is InChI=1S/C12H15N3O3.ClH/c13-10(16)7-18-9-3-1-8(2-4-9)15-11(17)12(14)5-6-12;/h1-4H,5-7,14H2,(H2,13,16)(H,15,17);1H. The summed E-state index contributed by atoms with van der Waals surface area (Å²) in [5.41, 5.74) is 10.7. The molecule has 1 saturated carbocycles. The minimum atomic E-state index is -0.693. The van der Waals surface area contributed by atoms with E-state index in [1.54, 1.807) is 24.3 Å². The van der Waals surface area contributed by atoms with Gasteiger partial charge < -0.3 is 21.5 Å². The zero-order valence-electron chi connectivity index (χ0n) is 10.2. The van der Waals surface area contributed by atoms with Gasteiger partial charge in [0.05, 0.1) is 5.54 Å². The van der Waals surface area contributed by atoms with Gasteiger partial charge in [0, 0.05) is 5.69 Å². The van der Waals surface area contributed by atoms with Gasteiger partial charge in [0.2, 0.25) is 5.91 Å². The van der Waals surface area contributed by atoms with Crippen LogP contribution >= 0.6 is 12.4 Å². The maximum Gasteiger partial charge on any atom is 0.255 e. The van der Waals surface area contributed by atoms with Crippen molar-refractivity contribution in [3.63, 3.8) is 0 Å². The smallest absolute Gasteiger partial charge is 0.255 e. The van der Waals surface area contributed by atoms with Crippen molar-refractivity contribution in [3.8, 4) is 5.75 Å². The van der Waals surface area contributed by atoms with E-state index in [4.69, 9.17) is 16.2 Å². The highest BCUT2D eigenvalue weighted by Crippen LogP contribution is 2.33. The molecule has 1 aromatic rings. The predicted molar refractivity (Wildman–Crippen MR) is 73.2 cm³/mol. The molecule has 0 radical (unpaired) electrons. The molecule has 0 aliphatic heterocycles. The number of hydrogen-bond donors (Lipinski definition) is 3. The molecule has 2 amide bonds. The molecule has 0 aromatic heterocycles. The minimum Gasteiger partial charge on any atom is -0.484 e. The van der Waals surface area contributed by atoms with E-state index >= 15 is 0 Å². The van der Waals surface area contributed by atoms with Gasteiger partial charge in [0.15, 0.2) is 6.61 Å². The molecular formula is C12H16ClN3O3. The SMILES string of the molecule is Cl.NC(=O)COc1ccc(NC(=O)C2(N)CC2)cc1. The second kappa shape index (κ2) is 5.90. The molecule has 0 saturated heterocycles. The average molecular weight is 286 g/mol. The summed E-state index contributed by atoms with van der Waals surface area (Å²) in [7, 11) is 0. The number of carbonyl (C=O) groups is 2. The number of primary amides is 1. The number of carbonyl (C=O) groups excluding carboxylic acids is 2. The highest BCUT2D eigenvalue weighted by Gasteiger charge is 2.45. The first kappa shape index (κ1) is 15.3. The topological polar surface area (TPSA) is 107 Å². The summed E-state index contributed by atoms with van der Waals surface area (Å²) in [6.07, 6.45) is 1.44. The van der Waals surface area contributed by atoms with Crippen molar-refractivity contribution in [2.24, 2.45) is 11.5 Å². The summed E-state index contributed by atoms with van der Waals surface area (Å²) < 4.78 is 5.10. The maximum atomic E-state index is 11.7. The molecule has 19 heavy (non-hydrogen) atoms. The number of nitrogens with two attached hydrogens (primary N) is 2. The molecule has 104 valence electrons. The Kier molecular flexibility index (Phi) is 4.74. The third kappa shape index (κ3) is 4.11. The van der Waals surface area contributed by atoms with Crippen LogP contribution in [0.15, 0.2) is 24.3 Å². The molecule has 0 spiro atoms. The number of ether oxygens (including phenoxy) is 1. The monoisotopic (exact) mass is 285 g/mol. The maximum absolute atomic E-state index is 11.7. The van der Waals surface area contributed by atoms with Gasteiger partial charge in [-0.2, -0.15) is 0 Å². The van der Waals surface area contributed by atoms with E-state index in [1.165, 1.54) is 0 Å². The molecule has 5 N–H and O–H groups in total. The summed E-state index contributed by atoms with van der Waals surface area (Å²) in [5, 5.41) is 2.73. The van der Waals surface area contributed by atoms with Crippen LogP contribution in [0.1, 0.15) is 12.8 Å². The van der Waals surface area contributed by atoms with Crippen molar-refractivity contribution in [3.05, 3.63) is 24.3 Å². The molecule has 0 unspecified atom stereocenters. The Morgan fingerprint density at radius 2 is 1.84 bits per heavy atom. The zero-order valence-corrected chi connectivity index (χ0v) is 11.0. The third-order valence-electron chi connectivity index (χ3n) is 2.73. The minimum absolute atomic E-state index is 0. The second-order valence-corrected chi connectivity index (χ2v) is 4.39. The van der Waals surface area contributed by atoms with E-state index in [1.807, 2.05) is 0 Å². The van der Waals surface area contributed by atoms with Gasteiger partial charge in [-0.25, -0.2) is 0 Å². The molecular weight excluding hydrogens is 270 g/mol. The Morgan fingerprint density at radius 3 is 2.32 bits per heavy atom. The van der Waals surface area contributed by atoms with E-state index in [0.29, 0.717) is 11.4 Å². The Hall–Kier alpha value is -1.79. The molecule has 6 nitrogen and oxygen atoms in total. The second-order valence-electron chi connectivity index (χ2n) is 4.39. The van der Waals surface area contributed by atoms with Crippen LogP contribution in [0, 0.1) is 0 Å². The fourth-order valence-electron chi connectivity index (χ4n) is 1.41. The number of anilines is 1. The van der Waals surface area contributed by atoms with Crippen LogP contribution in [0.5, 0.6) is 5.75 Å². The first-order valence-electron chi connectivity index (χ1n) is 5.61. The summed E-state index contributed by atoms with van der Waals surface area (Å²) in [6.45, 7) is -0.169.